The molecule has 0 aliphatic rings. The zero-order valence-corrected chi connectivity index (χ0v) is 11.0. The summed E-state index contributed by atoms with van der Waals surface area (Å²) in [5, 5.41) is 0. The molecule has 0 amide bonds. The van der Waals surface area contributed by atoms with Gasteiger partial charge in [0.25, 0.3) is 5.78 Å². The van der Waals surface area contributed by atoms with E-state index in [-0.39, 0.29) is 5.56 Å². The van der Waals surface area contributed by atoms with Crippen LogP contribution < -0.4 is 0 Å². The van der Waals surface area contributed by atoms with E-state index in [2.05, 4.69) is 4.18 Å². The summed E-state index contributed by atoms with van der Waals surface area (Å²) in [6.07, 6.45) is 0. The quantitative estimate of drug-likeness (QED) is 0.530. The average molecular weight is 290 g/mol. The summed E-state index contributed by atoms with van der Waals surface area (Å²) in [4.78, 5) is 22.8. The lowest BCUT2D eigenvalue weighted by atomic mass is 10.0. The van der Waals surface area contributed by atoms with Crippen molar-refractivity contribution in [2.45, 2.75) is 0 Å². The molecule has 0 saturated carbocycles. The Hall–Kier alpha value is -2.31. The second-order valence-corrected chi connectivity index (χ2v) is 4.46. The van der Waals surface area contributed by atoms with Gasteiger partial charge in [-0.25, -0.2) is 4.79 Å². The van der Waals surface area contributed by atoms with Crippen molar-refractivity contribution < 1.29 is 22.5 Å². The standard InChI is InChI=1S/C14H10O5S/c15-13(14(16)19-20(17)18)12-8-6-11(7-9-12)10-4-2-1-3-5-10/h1-9H,(H,17,18). The van der Waals surface area contributed by atoms with Crippen molar-refractivity contribution in [3.8, 4) is 11.1 Å². The molecule has 0 saturated heterocycles. The molecule has 0 aromatic heterocycles. The van der Waals surface area contributed by atoms with E-state index in [1.807, 2.05) is 30.3 Å². The number of benzene rings is 2. The molecule has 2 aromatic carbocycles. The fourth-order valence-corrected chi connectivity index (χ4v) is 1.87. The van der Waals surface area contributed by atoms with Crippen LogP contribution in [0.1, 0.15) is 10.4 Å². The molecule has 6 heteroatoms. The molecule has 102 valence electrons. The summed E-state index contributed by atoms with van der Waals surface area (Å²) < 4.78 is 22.6. The van der Waals surface area contributed by atoms with Crippen molar-refractivity contribution in [1.29, 1.82) is 0 Å². The maximum atomic E-state index is 11.6. The van der Waals surface area contributed by atoms with E-state index >= 15 is 0 Å². The van der Waals surface area contributed by atoms with Crippen LogP contribution in [0.4, 0.5) is 0 Å². The van der Waals surface area contributed by atoms with Gasteiger partial charge in [-0.1, -0.05) is 54.6 Å². The Bertz CT molecular complexity index is 649. The molecule has 0 radical (unpaired) electrons. The summed E-state index contributed by atoms with van der Waals surface area (Å²) in [6, 6.07) is 15.8. The average Bonchev–Trinajstić information content (AvgIpc) is 2.47. The van der Waals surface area contributed by atoms with Crippen LogP contribution in [0.3, 0.4) is 0 Å². The van der Waals surface area contributed by atoms with E-state index < -0.39 is 23.1 Å². The minimum atomic E-state index is -2.79. The predicted molar refractivity (Wildman–Crippen MR) is 73.1 cm³/mol. The first-order valence-electron chi connectivity index (χ1n) is 5.61. The van der Waals surface area contributed by atoms with E-state index in [1.54, 1.807) is 12.1 Å². The molecule has 1 atom stereocenters. The summed E-state index contributed by atoms with van der Waals surface area (Å²) in [5.41, 5.74) is 1.96. The maximum absolute atomic E-state index is 11.6. The maximum Gasteiger partial charge on any atom is 0.395 e. The molecule has 0 bridgehead atoms. The number of ketones is 1. The lowest BCUT2D eigenvalue weighted by molar-refractivity contribution is -0.128. The normalized spacial score (nSPS) is 11.7. The Labute approximate surface area is 117 Å². The third kappa shape index (κ3) is 3.37. The van der Waals surface area contributed by atoms with Gasteiger partial charge in [-0.15, -0.1) is 0 Å². The fraction of sp³-hybridized carbons (Fsp3) is 0. The van der Waals surface area contributed by atoms with Gasteiger partial charge in [0.15, 0.2) is 0 Å². The van der Waals surface area contributed by atoms with Crippen molar-refractivity contribution in [1.82, 2.24) is 0 Å². The molecule has 0 fully saturated rings. The highest BCUT2D eigenvalue weighted by atomic mass is 32.2. The first kappa shape index (κ1) is 14.1. The predicted octanol–water partition coefficient (Wildman–Crippen LogP) is 2.22. The molecule has 0 spiro atoms. The zero-order chi connectivity index (χ0) is 14.5. The van der Waals surface area contributed by atoms with Crippen molar-refractivity contribution >= 4 is 23.1 Å². The van der Waals surface area contributed by atoms with Gasteiger partial charge in [0.2, 0.25) is 0 Å². The van der Waals surface area contributed by atoms with Crippen molar-refractivity contribution in [2.75, 3.05) is 0 Å². The second-order valence-electron chi connectivity index (χ2n) is 3.86. The minimum Gasteiger partial charge on any atom is -0.336 e. The monoisotopic (exact) mass is 290 g/mol. The van der Waals surface area contributed by atoms with Crippen LogP contribution in [-0.2, 0) is 20.3 Å². The molecule has 0 aliphatic carbocycles. The van der Waals surface area contributed by atoms with E-state index in [1.165, 1.54) is 12.1 Å². The lowest BCUT2D eigenvalue weighted by Crippen LogP contribution is -2.18. The number of rotatable bonds is 4. The Morgan fingerprint density at radius 3 is 2.00 bits per heavy atom. The Morgan fingerprint density at radius 1 is 0.900 bits per heavy atom. The highest BCUT2D eigenvalue weighted by Gasteiger charge is 2.20. The molecule has 1 unspecified atom stereocenters. The Kier molecular flexibility index (Phi) is 4.39. The van der Waals surface area contributed by atoms with Crippen LogP contribution in [0.5, 0.6) is 0 Å². The van der Waals surface area contributed by atoms with Crippen LogP contribution in [0.2, 0.25) is 0 Å². The van der Waals surface area contributed by atoms with E-state index in [0.717, 1.165) is 11.1 Å². The van der Waals surface area contributed by atoms with Crippen LogP contribution in [0.15, 0.2) is 54.6 Å². The highest BCUT2D eigenvalue weighted by Crippen LogP contribution is 2.19. The van der Waals surface area contributed by atoms with Crippen LogP contribution >= 0.6 is 0 Å². The summed E-state index contributed by atoms with van der Waals surface area (Å²) in [6.45, 7) is 0. The minimum absolute atomic E-state index is 0.0973. The number of hydrogen-bond donors (Lipinski definition) is 1. The molecule has 0 aliphatic heterocycles. The van der Waals surface area contributed by atoms with Gasteiger partial charge in [0, 0.05) is 5.56 Å². The zero-order valence-electron chi connectivity index (χ0n) is 10.2. The van der Waals surface area contributed by atoms with Gasteiger partial charge >= 0.3 is 17.3 Å². The van der Waals surface area contributed by atoms with Gasteiger partial charge in [0.1, 0.15) is 0 Å². The number of carbonyl (C=O) groups is 2. The summed E-state index contributed by atoms with van der Waals surface area (Å²) >= 11 is -2.79. The Balaban J connectivity index is 2.18. The molecular weight excluding hydrogens is 280 g/mol. The van der Waals surface area contributed by atoms with Crippen molar-refractivity contribution in [3.63, 3.8) is 0 Å². The molecule has 1 N–H and O–H groups in total. The van der Waals surface area contributed by atoms with Gasteiger partial charge in [0.05, 0.1) is 0 Å². The van der Waals surface area contributed by atoms with Crippen LogP contribution in [-0.4, -0.2) is 20.5 Å². The topological polar surface area (TPSA) is 80.7 Å². The largest absolute Gasteiger partial charge is 0.395 e. The van der Waals surface area contributed by atoms with Crippen molar-refractivity contribution in [2.24, 2.45) is 0 Å². The number of hydrogen-bond acceptors (Lipinski definition) is 4. The molecular formula is C14H10O5S. The molecule has 0 heterocycles. The van der Waals surface area contributed by atoms with Gasteiger partial charge in [-0.2, -0.15) is 4.21 Å². The summed E-state index contributed by atoms with van der Waals surface area (Å²) in [7, 11) is 0. The SMILES string of the molecule is O=C(OS(=O)O)C(=O)c1ccc(-c2ccccc2)cc1. The first-order chi connectivity index (χ1) is 9.58. The van der Waals surface area contributed by atoms with E-state index in [9.17, 15) is 13.8 Å². The van der Waals surface area contributed by atoms with Gasteiger partial charge in [-0.3, -0.25) is 9.35 Å². The van der Waals surface area contributed by atoms with Gasteiger partial charge < -0.3 is 4.18 Å². The van der Waals surface area contributed by atoms with Crippen molar-refractivity contribution in [3.05, 3.63) is 60.2 Å². The van der Waals surface area contributed by atoms with Crippen LogP contribution in [0, 0.1) is 0 Å². The fourth-order valence-electron chi connectivity index (χ4n) is 1.67. The molecule has 5 nitrogen and oxygen atoms in total. The third-order valence-electron chi connectivity index (χ3n) is 2.59. The third-order valence-corrected chi connectivity index (χ3v) is 2.88. The van der Waals surface area contributed by atoms with E-state index in [0.29, 0.717) is 0 Å². The molecule has 2 rings (SSSR count). The van der Waals surface area contributed by atoms with Crippen LogP contribution in [0.25, 0.3) is 11.1 Å². The first-order valence-corrected chi connectivity index (χ1v) is 6.64. The summed E-state index contributed by atoms with van der Waals surface area (Å²) in [5.74, 6) is -2.33. The molecule has 20 heavy (non-hydrogen) atoms. The Morgan fingerprint density at radius 2 is 1.45 bits per heavy atom. The highest BCUT2D eigenvalue weighted by molar-refractivity contribution is 7.74. The lowest BCUT2D eigenvalue weighted by Gasteiger charge is -2.03. The van der Waals surface area contributed by atoms with E-state index in [4.69, 9.17) is 4.55 Å². The number of Topliss-reactive ketones (excluding diaryl/α,β-unsaturated/α-hetero) is 1. The number of carbonyl (C=O) groups excluding carboxylic acids is 2. The van der Waals surface area contributed by atoms with Gasteiger partial charge in [-0.05, 0) is 11.1 Å². The second kappa shape index (κ2) is 6.23. The molecule has 2 aromatic rings. The smallest absolute Gasteiger partial charge is 0.336 e.